The molecule has 2 atom stereocenters. The molecule has 9 nitrogen and oxygen atoms in total. The summed E-state index contributed by atoms with van der Waals surface area (Å²) in [6.07, 6.45) is 1.13. The fourth-order valence-corrected chi connectivity index (χ4v) is 8.34. The fourth-order valence-electron chi connectivity index (χ4n) is 5.93. The highest BCUT2D eigenvalue weighted by Crippen LogP contribution is 2.46. The fraction of sp³-hybridized carbons (Fsp3) is 0.400. The summed E-state index contributed by atoms with van der Waals surface area (Å²) in [6.45, 7) is 2.78. The van der Waals surface area contributed by atoms with Crippen molar-refractivity contribution in [2.45, 2.75) is 30.4 Å². The standard InChI is InChI=1S/C25H24ClF2N5O4S2/c1-13(34)31-5-6-32(20-12-30(11-19(20)31)39(2,36)37)24-16-10-17(26)21(15-4-3-14(27)9-18(15)28)23-22(16)33(7-8-38-23)25(35)29-24/h3-4,9-10,19-20H,5-8,11-12H2,1-2H3/t19-,20+/m1/s1. The molecule has 0 radical (unpaired) electrons. The maximum absolute atomic E-state index is 14.9. The average molecular weight is 596 g/mol. The van der Waals surface area contributed by atoms with E-state index in [0.29, 0.717) is 52.6 Å². The van der Waals surface area contributed by atoms with Gasteiger partial charge < -0.3 is 9.80 Å². The number of carbonyl (C=O) groups excluding carboxylic acids is 1. The van der Waals surface area contributed by atoms with E-state index in [4.69, 9.17) is 11.6 Å². The SMILES string of the molecule is CC(=O)N1CCN(c2nc(=O)n3c4c(c(-c5ccc(F)cc5F)c(Cl)cc24)SCC3)[C@H]2CN(S(C)(=O)=O)C[C@H]21. The Morgan fingerprint density at radius 3 is 2.56 bits per heavy atom. The van der Waals surface area contributed by atoms with Crippen molar-refractivity contribution >= 4 is 56.0 Å². The molecule has 3 aliphatic heterocycles. The molecule has 39 heavy (non-hydrogen) atoms. The van der Waals surface area contributed by atoms with Crippen LogP contribution >= 0.6 is 23.4 Å². The molecule has 0 saturated carbocycles. The number of nitrogens with zero attached hydrogens (tertiary/aromatic N) is 5. The quantitative estimate of drug-likeness (QED) is 0.459. The summed E-state index contributed by atoms with van der Waals surface area (Å²) < 4.78 is 56.3. The topological polar surface area (TPSA) is 95.8 Å². The van der Waals surface area contributed by atoms with Gasteiger partial charge in [0.1, 0.15) is 17.5 Å². The van der Waals surface area contributed by atoms with Crippen LogP contribution in [0.25, 0.3) is 22.0 Å². The number of thioether (sulfide) groups is 1. The second-order valence-electron chi connectivity index (χ2n) is 9.92. The third-order valence-electron chi connectivity index (χ3n) is 7.67. The molecule has 14 heteroatoms. The number of hydrogen-bond donors (Lipinski definition) is 0. The number of fused-ring (bicyclic) bond motifs is 1. The second-order valence-corrected chi connectivity index (χ2v) is 13.4. The molecule has 0 aliphatic carbocycles. The van der Waals surface area contributed by atoms with Gasteiger partial charge in [0, 0.05) is 72.9 Å². The summed E-state index contributed by atoms with van der Waals surface area (Å²) in [5, 5.41) is 0.787. The van der Waals surface area contributed by atoms with Gasteiger partial charge in [0.25, 0.3) is 0 Å². The molecule has 6 rings (SSSR count). The van der Waals surface area contributed by atoms with Crippen molar-refractivity contribution in [3.63, 3.8) is 0 Å². The second kappa shape index (κ2) is 9.43. The first-order valence-corrected chi connectivity index (χ1v) is 15.5. The molecule has 0 unspecified atom stereocenters. The monoisotopic (exact) mass is 595 g/mol. The number of hydrogen-bond acceptors (Lipinski definition) is 7. The number of sulfonamides is 1. The average Bonchev–Trinajstić information content (AvgIpc) is 3.32. The normalized spacial score (nSPS) is 21.5. The van der Waals surface area contributed by atoms with Gasteiger partial charge in [-0.1, -0.05) is 11.6 Å². The highest BCUT2D eigenvalue weighted by Gasteiger charge is 2.47. The molecule has 0 bridgehead atoms. The van der Waals surface area contributed by atoms with Crippen molar-refractivity contribution < 1.29 is 22.0 Å². The summed E-state index contributed by atoms with van der Waals surface area (Å²) in [4.78, 5) is 34.3. The minimum absolute atomic E-state index is 0.125. The molecule has 1 aromatic heterocycles. The Balaban J connectivity index is 1.56. The summed E-state index contributed by atoms with van der Waals surface area (Å²) in [7, 11) is -3.53. The summed E-state index contributed by atoms with van der Waals surface area (Å²) in [6, 6.07) is 4.07. The molecule has 2 saturated heterocycles. The third-order valence-corrected chi connectivity index (χ3v) is 10.3. The molecule has 3 aromatic rings. The number of rotatable bonds is 3. The van der Waals surface area contributed by atoms with Crippen LogP contribution in [-0.4, -0.2) is 83.4 Å². The van der Waals surface area contributed by atoms with Crippen LogP contribution in [0.1, 0.15) is 6.92 Å². The molecule has 2 aromatic carbocycles. The number of piperazine rings is 1. The van der Waals surface area contributed by atoms with E-state index in [2.05, 4.69) is 4.98 Å². The van der Waals surface area contributed by atoms with Gasteiger partial charge in [0.2, 0.25) is 15.9 Å². The Morgan fingerprint density at radius 1 is 1.13 bits per heavy atom. The van der Waals surface area contributed by atoms with Crippen molar-refractivity contribution in [1.82, 2.24) is 18.8 Å². The van der Waals surface area contributed by atoms with E-state index in [1.807, 2.05) is 4.90 Å². The van der Waals surface area contributed by atoms with Gasteiger partial charge in [0.15, 0.2) is 0 Å². The van der Waals surface area contributed by atoms with Crippen LogP contribution in [0.4, 0.5) is 14.6 Å². The largest absolute Gasteiger partial charge is 0.350 e. The lowest BCUT2D eigenvalue weighted by molar-refractivity contribution is -0.131. The number of carbonyl (C=O) groups is 1. The highest BCUT2D eigenvalue weighted by atomic mass is 35.5. The van der Waals surface area contributed by atoms with Gasteiger partial charge in [-0.15, -0.1) is 11.8 Å². The number of aromatic nitrogens is 2. The Labute approximate surface area is 232 Å². The van der Waals surface area contributed by atoms with Gasteiger partial charge in [-0.05, 0) is 18.2 Å². The van der Waals surface area contributed by atoms with Crippen LogP contribution < -0.4 is 10.6 Å². The maximum Gasteiger partial charge on any atom is 0.350 e. The molecule has 0 spiro atoms. The van der Waals surface area contributed by atoms with E-state index < -0.39 is 39.4 Å². The van der Waals surface area contributed by atoms with Gasteiger partial charge in [0.05, 0.1) is 28.9 Å². The lowest BCUT2D eigenvalue weighted by atomic mass is 10.0. The van der Waals surface area contributed by atoms with E-state index in [9.17, 15) is 26.8 Å². The first-order chi connectivity index (χ1) is 18.5. The number of halogens is 3. The zero-order valence-electron chi connectivity index (χ0n) is 21.0. The minimum Gasteiger partial charge on any atom is -0.348 e. The Bertz CT molecular complexity index is 1720. The van der Waals surface area contributed by atoms with Crippen molar-refractivity contribution in [3.05, 3.63) is 51.4 Å². The van der Waals surface area contributed by atoms with Crippen molar-refractivity contribution in [1.29, 1.82) is 0 Å². The first-order valence-electron chi connectivity index (χ1n) is 12.3. The third kappa shape index (κ3) is 4.30. The van der Waals surface area contributed by atoms with E-state index in [1.165, 1.54) is 33.6 Å². The molecule has 206 valence electrons. The van der Waals surface area contributed by atoms with Crippen LogP contribution in [0, 0.1) is 11.6 Å². The Kier molecular flexibility index (Phi) is 6.40. The summed E-state index contributed by atoms with van der Waals surface area (Å²) >= 11 is 8.20. The Morgan fingerprint density at radius 2 is 1.87 bits per heavy atom. The minimum atomic E-state index is -3.53. The Hall–Kier alpha value is -2.74. The van der Waals surface area contributed by atoms with E-state index >= 15 is 0 Å². The summed E-state index contributed by atoms with van der Waals surface area (Å²) in [5.74, 6) is -0.759. The van der Waals surface area contributed by atoms with Crippen LogP contribution in [-0.2, 0) is 21.4 Å². The summed E-state index contributed by atoms with van der Waals surface area (Å²) in [5.41, 5.74) is 0.558. The molecule has 0 N–H and O–H groups in total. The van der Waals surface area contributed by atoms with Crippen LogP contribution in [0.2, 0.25) is 5.02 Å². The molecular formula is C25H24ClF2N5O4S2. The number of amides is 1. The van der Waals surface area contributed by atoms with Crippen LogP contribution in [0.5, 0.6) is 0 Å². The molecular weight excluding hydrogens is 572 g/mol. The first kappa shape index (κ1) is 26.5. The maximum atomic E-state index is 14.9. The molecule has 3 aliphatic rings. The predicted octanol–water partition coefficient (Wildman–Crippen LogP) is 2.78. The number of benzene rings is 2. The zero-order chi connectivity index (χ0) is 27.8. The van der Waals surface area contributed by atoms with Gasteiger partial charge in [-0.25, -0.2) is 22.0 Å². The number of aryl methyl sites for hydroxylation is 1. The van der Waals surface area contributed by atoms with Crippen molar-refractivity contribution in [2.75, 3.05) is 43.1 Å². The van der Waals surface area contributed by atoms with Crippen molar-refractivity contribution in [2.24, 2.45) is 0 Å². The van der Waals surface area contributed by atoms with Gasteiger partial charge in [-0.2, -0.15) is 9.29 Å². The van der Waals surface area contributed by atoms with Crippen LogP contribution in [0.15, 0.2) is 34.0 Å². The lowest BCUT2D eigenvalue weighted by Crippen LogP contribution is -2.61. The van der Waals surface area contributed by atoms with Crippen molar-refractivity contribution in [3.8, 4) is 11.1 Å². The van der Waals surface area contributed by atoms with E-state index in [-0.39, 0.29) is 29.6 Å². The van der Waals surface area contributed by atoms with E-state index in [1.54, 1.807) is 11.0 Å². The van der Waals surface area contributed by atoms with Gasteiger partial charge in [-0.3, -0.25) is 9.36 Å². The van der Waals surface area contributed by atoms with Gasteiger partial charge >= 0.3 is 5.69 Å². The smallest absolute Gasteiger partial charge is 0.348 e. The predicted molar refractivity (Wildman–Crippen MR) is 146 cm³/mol. The number of anilines is 1. The molecule has 2 fully saturated rings. The van der Waals surface area contributed by atoms with E-state index in [0.717, 1.165) is 18.4 Å². The highest BCUT2D eigenvalue weighted by molar-refractivity contribution is 7.99. The lowest BCUT2D eigenvalue weighted by Gasteiger charge is -2.44. The van der Waals surface area contributed by atoms with Crippen LogP contribution in [0.3, 0.4) is 0 Å². The molecule has 4 heterocycles. The zero-order valence-corrected chi connectivity index (χ0v) is 23.4. The molecule has 1 amide bonds.